The molecule has 0 aromatic rings. The first kappa shape index (κ1) is 17.2. The first-order chi connectivity index (χ1) is 10.7. The lowest BCUT2D eigenvalue weighted by Crippen LogP contribution is -2.56. The molecule has 2 heterocycles. The van der Waals surface area contributed by atoms with Gasteiger partial charge in [-0.05, 0) is 25.7 Å². The van der Waals surface area contributed by atoms with Crippen LogP contribution in [0.15, 0.2) is 0 Å². The van der Waals surface area contributed by atoms with Crippen molar-refractivity contribution >= 4 is 11.8 Å². The molecule has 2 saturated heterocycles. The summed E-state index contributed by atoms with van der Waals surface area (Å²) in [5, 5.41) is 9.14. The van der Waals surface area contributed by atoms with Crippen LogP contribution in [0.2, 0.25) is 0 Å². The molecule has 2 aliphatic heterocycles. The van der Waals surface area contributed by atoms with Crippen LogP contribution in [0.4, 0.5) is 0 Å². The maximum Gasteiger partial charge on any atom is 0.312 e. The van der Waals surface area contributed by atoms with Crippen molar-refractivity contribution in [3.05, 3.63) is 0 Å². The van der Waals surface area contributed by atoms with E-state index in [9.17, 15) is 9.59 Å². The van der Waals surface area contributed by atoms with Gasteiger partial charge in [0.25, 0.3) is 0 Å². The predicted octanol–water partition coefficient (Wildman–Crippen LogP) is -1.15. The summed E-state index contributed by atoms with van der Waals surface area (Å²) in [6.45, 7) is 4.85. The van der Waals surface area contributed by atoms with Crippen molar-refractivity contribution in [2.45, 2.75) is 31.7 Å². The number of nitrogens with two attached hydrogens (primary N) is 1. The highest BCUT2D eigenvalue weighted by Crippen LogP contribution is 2.20. The third-order valence-corrected chi connectivity index (χ3v) is 4.64. The van der Waals surface area contributed by atoms with E-state index < -0.39 is 11.8 Å². The van der Waals surface area contributed by atoms with Gasteiger partial charge in [-0.25, -0.2) is 0 Å². The number of hydrogen-bond acceptors (Lipinski definition) is 5. The van der Waals surface area contributed by atoms with Crippen molar-refractivity contribution < 1.29 is 14.7 Å². The van der Waals surface area contributed by atoms with Crippen molar-refractivity contribution in [1.29, 1.82) is 0 Å². The molecular formula is C15H28N4O3. The van der Waals surface area contributed by atoms with Crippen LogP contribution in [0.3, 0.4) is 0 Å². The van der Waals surface area contributed by atoms with Crippen molar-refractivity contribution in [2.75, 3.05) is 52.4 Å². The first-order valence-electron chi connectivity index (χ1n) is 8.30. The summed E-state index contributed by atoms with van der Waals surface area (Å²) < 4.78 is 0. The first-order valence-corrected chi connectivity index (χ1v) is 8.30. The maximum absolute atomic E-state index is 12.5. The minimum Gasteiger partial charge on any atom is -0.396 e. The van der Waals surface area contributed by atoms with E-state index in [1.807, 2.05) is 0 Å². The highest BCUT2D eigenvalue weighted by molar-refractivity contribution is 6.35. The lowest BCUT2D eigenvalue weighted by atomic mass is 9.99. The van der Waals surface area contributed by atoms with Crippen LogP contribution in [0.1, 0.15) is 25.7 Å². The molecule has 7 heteroatoms. The van der Waals surface area contributed by atoms with Crippen molar-refractivity contribution in [2.24, 2.45) is 5.73 Å². The number of carbonyl (C=O) groups is 2. The summed E-state index contributed by atoms with van der Waals surface area (Å²) in [5.41, 5.74) is 5.54. The molecule has 0 bridgehead atoms. The standard InChI is InChI=1S/C15H28N4O3/c16-5-7-17-8-10-18(11-9-17)14(21)15(22)19-6-2-1-3-13(19)4-12-20/h13,20H,1-12,16H2. The molecule has 0 aromatic carbocycles. The number of aliphatic hydroxyl groups excluding tert-OH is 1. The van der Waals surface area contributed by atoms with Gasteiger partial charge in [-0.3, -0.25) is 14.5 Å². The van der Waals surface area contributed by atoms with Crippen molar-refractivity contribution in [1.82, 2.24) is 14.7 Å². The number of carbonyl (C=O) groups excluding carboxylic acids is 2. The van der Waals surface area contributed by atoms with E-state index in [0.29, 0.717) is 32.6 Å². The average molecular weight is 312 g/mol. The molecular weight excluding hydrogens is 284 g/mol. The Balaban J connectivity index is 1.89. The van der Waals surface area contributed by atoms with E-state index in [0.717, 1.165) is 38.9 Å². The molecule has 22 heavy (non-hydrogen) atoms. The number of aliphatic hydroxyl groups is 1. The smallest absolute Gasteiger partial charge is 0.312 e. The van der Waals surface area contributed by atoms with Gasteiger partial charge in [0.05, 0.1) is 0 Å². The van der Waals surface area contributed by atoms with Gasteiger partial charge in [-0.1, -0.05) is 0 Å². The third-order valence-electron chi connectivity index (χ3n) is 4.64. The Labute approximate surface area is 132 Å². The SMILES string of the molecule is NCCN1CCN(C(=O)C(=O)N2CCCCC2CCO)CC1. The molecule has 7 nitrogen and oxygen atoms in total. The summed E-state index contributed by atoms with van der Waals surface area (Å²) in [7, 11) is 0. The quantitative estimate of drug-likeness (QED) is 0.640. The number of likely N-dealkylation sites (tertiary alicyclic amines) is 1. The Morgan fingerprint density at radius 1 is 1.05 bits per heavy atom. The zero-order valence-electron chi connectivity index (χ0n) is 13.2. The normalized spacial score (nSPS) is 23.6. The van der Waals surface area contributed by atoms with Crippen LogP contribution in [-0.4, -0.2) is 90.1 Å². The second-order valence-electron chi connectivity index (χ2n) is 6.08. The van der Waals surface area contributed by atoms with Gasteiger partial charge < -0.3 is 20.6 Å². The Bertz CT molecular complexity index is 381. The summed E-state index contributed by atoms with van der Waals surface area (Å²) in [6, 6.07) is 0.00808. The summed E-state index contributed by atoms with van der Waals surface area (Å²) in [4.78, 5) is 30.5. The monoisotopic (exact) mass is 312 g/mol. The summed E-state index contributed by atoms with van der Waals surface area (Å²) in [5.74, 6) is -0.789. The fraction of sp³-hybridized carbons (Fsp3) is 0.867. The van der Waals surface area contributed by atoms with Crippen LogP contribution in [0, 0.1) is 0 Å². The fourth-order valence-electron chi connectivity index (χ4n) is 3.33. The lowest BCUT2D eigenvalue weighted by Gasteiger charge is -2.38. The average Bonchev–Trinajstić information content (AvgIpc) is 2.55. The van der Waals surface area contributed by atoms with Crippen LogP contribution in [0.25, 0.3) is 0 Å². The van der Waals surface area contributed by atoms with Gasteiger partial charge in [-0.15, -0.1) is 0 Å². The van der Waals surface area contributed by atoms with Crippen molar-refractivity contribution in [3.8, 4) is 0 Å². The molecule has 2 aliphatic rings. The van der Waals surface area contributed by atoms with E-state index in [-0.39, 0.29) is 12.6 Å². The van der Waals surface area contributed by atoms with E-state index >= 15 is 0 Å². The van der Waals surface area contributed by atoms with Gasteiger partial charge in [0.1, 0.15) is 0 Å². The van der Waals surface area contributed by atoms with Crippen molar-refractivity contribution in [3.63, 3.8) is 0 Å². The van der Waals surface area contributed by atoms with Crippen LogP contribution < -0.4 is 5.73 Å². The molecule has 2 rings (SSSR count). The molecule has 1 atom stereocenters. The van der Waals surface area contributed by atoms with Gasteiger partial charge in [-0.2, -0.15) is 0 Å². The molecule has 2 fully saturated rings. The zero-order valence-corrected chi connectivity index (χ0v) is 13.2. The number of amides is 2. The third kappa shape index (κ3) is 4.18. The Kier molecular flexibility index (Phi) is 6.60. The fourth-order valence-corrected chi connectivity index (χ4v) is 3.33. The lowest BCUT2D eigenvalue weighted by molar-refractivity contribution is -0.155. The summed E-state index contributed by atoms with van der Waals surface area (Å²) in [6.07, 6.45) is 3.43. The number of nitrogens with zero attached hydrogens (tertiary/aromatic N) is 3. The molecule has 1 unspecified atom stereocenters. The highest BCUT2D eigenvalue weighted by Gasteiger charge is 2.33. The minimum atomic E-state index is -0.398. The number of hydrogen-bond donors (Lipinski definition) is 2. The minimum absolute atomic E-state index is 0.00808. The predicted molar refractivity (Wildman–Crippen MR) is 83.1 cm³/mol. The van der Waals surface area contributed by atoms with Gasteiger partial charge in [0.2, 0.25) is 0 Å². The molecule has 3 N–H and O–H groups in total. The largest absolute Gasteiger partial charge is 0.396 e. The summed E-state index contributed by atoms with van der Waals surface area (Å²) >= 11 is 0. The molecule has 0 spiro atoms. The van der Waals surface area contributed by atoms with Crippen LogP contribution in [-0.2, 0) is 9.59 Å². The topological polar surface area (TPSA) is 90.1 Å². The van der Waals surface area contributed by atoms with E-state index in [1.54, 1.807) is 9.80 Å². The highest BCUT2D eigenvalue weighted by atomic mass is 16.3. The van der Waals surface area contributed by atoms with E-state index in [1.165, 1.54) is 0 Å². The van der Waals surface area contributed by atoms with E-state index in [2.05, 4.69) is 4.90 Å². The molecule has 126 valence electrons. The number of piperidine rings is 1. The molecule has 0 saturated carbocycles. The maximum atomic E-state index is 12.5. The molecule has 2 amide bonds. The van der Waals surface area contributed by atoms with Gasteiger partial charge in [0, 0.05) is 58.5 Å². The number of rotatable bonds is 4. The van der Waals surface area contributed by atoms with Crippen LogP contribution >= 0.6 is 0 Å². The molecule has 0 aromatic heterocycles. The Morgan fingerprint density at radius 3 is 2.41 bits per heavy atom. The van der Waals surface area contributed by atoms with E-state index in [4.69, 9.17) is 10.8 Å². The molecule has 0 radical (unpaired) electrons. The Hall–Kier alpha value is -1.18. The number of piperazine rings is 1. The van der Waals surface area contributed by atoms with Crippen LogP contribution in [0.5, 0.6) is 0 Å². The molecule has 0 aliphatic carbocycles. The Morgan fingerprint density at radius 2 is 1.77 bits per heavy atom. The zero-order chi connectivity index (χ0) is 15.9. The second kappa shape index (κ2) is 8.45. The van der Waals surface area contributed by atoms with Gasteiger partial charge >= 0.3 is 11.8 Å². The second-order valence-corrected chi connectivity index (χ2v) is 6.08. The van der Waals surface area contributed by atoms with Gasteiger partial charge in [0.15, 0.2) is 0 Å².